The summed E-state index contributed by atoms with van der Waals surface area (Å²) >= 11 is 0. The van der Waals surface area contributed by atoms with Crippen LogP contribution in [0.25, 0.3) is 0 Å². The highest BCUT2D eigenvalue weighted by Gasteiger charge is 2.14. The molecule has 1 heteroatoms. The minimum absolute atomic E-state index is 0.120. The van der Waals surface area contributed by atoms with Crippen molar-refractivity contribution in [3.8, 4) is 6.07 Å². The van der Waals surface area contributed by atoms with Crippen molar-refractivity contribution >= 4 is 0 Å². The second-order valence-corrected chi connectivity index (χ2v) is 3.29. The highest BCUT2D eigenvalue weighted by Crippen LogP contribution is 2.27. The van der Waals surface area contributed by atoms with Gasteiger partial charge in [0.25, 0.3) is 0 Å². The molecule has 1 rings (SSSR count). The molecular weight excluding hydrogens is 146 g/mol. The van der Waals surface area contributed by atoms with Crippen molar-refractivity contribution in [2.45, 2.75) is 20.3 Å². The van der Waals surface area contributed by atoms with Gasteiger partial charge in [0.2, 0.25) is 0 Å². The molecule has 0 aromatic carbocycles. The number of nitriles is 1. The van der Waals surface area contributed by atoms with Gasteiger partial charge in [0.05, 0.1) is 11.6 Å². The van der Waals surface area contributed by atoms with Gasteiger partial charge in [0.15, 0.2) is 0 Å². The van der Waals surface area contributed by atoms with E-state index in [9.17, 15) is 0 Å². The fraction of sp³-hybridized carbons (Fsp3) is 0.364. The van der Waals surface area contributed by atoms with Crippen molar-refractivity contribution in [3.63, 3.8) is 0 Å². The maximum absolute atomic E-state index is 8.66. The molecule has 0 amide bonds. The van der Waals surface area contributed by atoms with E-state index >= 15 is 0 Å². The van der Waals surface area contributed by atoms with Crippen LogP contribution in [0.5, 0.6) is 0 Å². The van der Waals surface area contributed by atoms with E-state index in [2.05, 4.69) is 32.1 Å². The lowest BCUT2D eigenvalue weighted by molar-refractivity contribution is 0.531. The average Bonchev–Trinajstić information content (AvgIpc) is 2.28. The fourth-order valence-electron chi connectivity index (χ4n) is 1.07. The monoisotopic (exact) mass is 159 g/mol. The lowest BCUT2D eigenvalue weighted by atomic mass is 9.87. The van der Waals surface area contributed by atoms with Crippen LogP contribution in [0.15, 0.2) is 36.0 Å². The number of rotatable bonds is 1. The Bertz CT molecular complexity index is 289. The summed E-state index contributed by atoms with van der Waals surface area (Å²) in [6.07, 6.45) is 11.0. The topological polar surface area (TPSA) is 23.8 Å². The Hall–Kier alpha value is -1.29. The van der Waals surface area contributed by atoms with E-state index in [-0.39, 0.29) is 5.41 Å². The van der Waals surface area contributed by atoms with Crippen LogP contribution in [0.2, 0.25) is 0 Å². The number of nitrogens with zero attached hydrogens (tertiary/aromatic N) is 1. The van der Waals surface area contributed by atoms with E-state index in [1.807, 2.05) is 18.2 Å². The lowest BCUT2D eigenvalue weighted by Crippen LogP contribution is -2.06. The number of hydrogen-bond donors (Lipinski definition) is 0. The second-order valence-electron chi connectivity index (χ2n) is 3.29. The van der Waals surface area contributed by atoms with E-state index in [0.29, 0.717) is 0 Å². The third-order valence-electron chi connectivity index (χ3n) is 2.29. The standard InChI is InChI=1S/C11H13N/c1-3-11(2)7-4-5-10(9-12)6-8-11/h4-8H,3H2,1-2H3. The molecule has 12 heavy (non-hydrogen) atoms. The van der Waals surface area contributed by atoms with Crippen molar-refractivity contribution in [2.75, 3.05) is 0 Å². The van der Waals surface area contributed by atoms with Crippen LogP contribution in [-0.2, 0) is 0 Å². The highest BCUT2D eigenvalue weighted by atomic mass is 14.2. The molecule has 0 aromatic rings. The van der Waals surface area contributed by atoms with E-state index < -0.39 is 0 Å². The van der Waals surface area contributed by atoms with E-state index in [1.54, 1.807) is 0 Å². The molecule has 1 aliphatic carbocycles. The molecule has 0 N–H and O–H groups in total. The van der Waals surface area contributed by atoms with Gasteiger partial charge in [0, 0.05) is 5.41 Å². The van der Waals surface area contributed by atoms with Crippen LogP contribution in [0.3, 0.4) is 0 Å². The van der Waals surface area contributed by atoms with Gasteiger partial charge in [-0.25, -0.2) is 0 Å². The summed E-state index contributed by atoms with van der Waals surface area (Å²) < 4.78 is 0. The summed E-state index contributed by atoms with van der Waals surface area (Å²) in [6.45, 7) is 4.31. The molecule has 0 aromatic heterocycles. The third-order valence-corrected chi connectivity index (χ3v) is 2.29. The predicted octanol–water partition coefficient (Wildman–Crippen LogP) is 2.98. The fourth-order valence-corrected chi connectivity index (χ4v) is 1.07. The van der Waals surface area contributed by atoms with Crippen molar-refractivity contribution in [1.82, 2.24) is 0 Å². The summed E-state index contributed by atoms with van der Waals surface area (Å²) in [5.74, 6) is 0. The molecule has 1 atom stereocenters. The first-order chi connectivity index (χ1) is 5.70. The molecule has 0 aliphatic heterocycles. The Labute approximate surface area is 73.7 Å². The quantitative estimate of drug-likeness (QED) is 0.577. The highest BCUT2D eigenvalue weighted by molar-refractivity contribution is 5.39. The van der Waals surface area contributed by atoms with Gasteiger partial charge < -0.3 is 0 Å². The van der Waals surface area contributed by atoms with E-state index in [4.69, 9.17) is 5.26 Å². The van der Waals surface area contributed by atoms with Gasteiger partial charge in [-0.15, -0.1) is 0 Å². The van der Waals surface area contributed by atoms with Gasteiger partial charge >= 0.3 is 0 Å². The van der Waals surface area contributed by atoms with E-state index in [0.717, 1.165) is 12.0 Å². The summed E-state index contributed by atoms with van der Waals surface area (Å²) in [4.78, 5) is 0. The molecule has 0 saturated heterocycles. The molecule has 62 valence electrons. The zero-order valence-electron chi connectivity index (χ0n) is 7.54. The van der Waals surface area contributed by atoms with Crippen molar-refractivity contribution < 1.29 is 0 Å². The first kappa shape index (κ1) is 8.80. The number of hydrogen-bond acceptors (Lipinski definition) is 1. The van der Waals surface area contributed by atoms with Crippen molar-refractivity contribution in [2.24, 2.45) is 5.41 Å². The summed E-state index contributed by atoms with van der Waals surface area (Å²) in [6, 6.07) is 2.13. The normalized spacial score (nSPS) is 27.6. The Morgan fingerprint density at radius 2 is 2.25 bits per heavy atom. The van der Waals surface area contributed by atoms with Crippen LogP contribution < -0.4 is 0 Å². The molecule has 1 nitrogen and oxygen atoms in total. The van der Waals surface area contributed by atoms with Gasteiger partial charge in [-0.1, -0.05) is 32.1 Å². The van der Waals surface area contributed by atoms with Crippen LogP contribution in [0.4, 0.5) is 0 Å². The molecule has 0 spiro atoms. The largest absolute Gasteiger partial charge is 0.192 e. The molecule has 1 unspecified atom stereocenters. The lowest BCUT2D eigenvalue weighted by Gasteiger charge is -2.17. The first-order valence-electron chi connectivity index (χ1n) is 4.19. The molecule has 0 fully saturated rings. The zero-order chi connectivity index (χ0) is 9.03. The average molecular weight is 159 g/mol. The molecule has 0 bridgehead atoms. The molecular formula is C11H13N. The number of allylic oxidation sites excluding steroid dienone is 6. The minimum Gasteiger partial charge on any atom is -0.192 e. The maximum atomic E-state index is 8.66. The molecule has 0 heterocycles. The van der Waals surface area contributed by atoms with Crippen LogP contribution >= 0.6 is 0 Å². The van der Waals surface area contributed by atoms with Gasteiger partial charge in [-0.2, -0.15) is 5.26 Å². The Morgan fingerprint density at radius 3 is 2.83 bits per heavy atom. The Balaban J connectivity index is 2.92. The Kier molecular flexibility index (Phi) is 2.50. The van der Waals surface area contributed by atoms with Gasteiger partial charge in [0.1, 0.15) is 0 Å². The van der Waals surface area contributed by atoms with Crippen molar-refractivity contribution in [3.05, 3.63) is 36.0 Å². The first-order valence-corrected chi connectivity index (χ1v) is 4.19. The maximum Gasteiger partial charge on any atom is 0.0991 e. The van der Waals surface area contributed by atoms with Crippen molar-refractivity contribution in [1.29, 1.82) is 5.26 Å². The summed E-state index contributed by atoms with van der Waals surface area (Å²) in [5, 5.41) is 8.66. The molecule has 1 aliphatic rings. The Morgan fingerprint density at radius 1 is 1.50 bits per heavy atom. The zero-order valence-corrected chi connectivity index (χ0v) is 7.54. The molecule has 0 saturated carbocycles. The van der Waals surface area contributed by atoms with Crippen LogP contribution in [-0.4, -0.2) is 0 Å². The predicted molar refractivity (Wildman–Crippen MR) is 50.4 cm³/mol. The van der Waals surface area contributed by atoms with Crippen LogP contribution in [0, 0.1) is 16.7 Å². The van der Waals surface area contributed by atoms with E-state index in [1.165, 1.54) is 0 Å². The summed E-state index contributed by atoms with van der Waals surface area (Å²) in [5.41, 5.74) is 0.846. The summed E-state index contributed by atoms with van der Waals surface area (Å²) in [7, 11) is 0. The van der Waals surface area contributed by atoms with Gasteiger partial charge in [-0.3, -0.25) is 0 Å². The SMILES string of the molecule is CCC1(C)C=CC=C(C#N)C=C1. The molecule has 0 radical (unpaired) electrons. The third kappa shape index (κ3) is 1.85. The smallest absolute Gasteiger partial charge is 0.0991 e. The second kappa shape index (κ2) is 3.40. The van der Waals surface area contributed by atoms with Gasteiger partial charge in [-0.05, 0) is 18.6 Å². The minimum atomic E-state index is 0.120. The van der Waals surface area contributed by atoms with Crippen LogP contribution in [0.1, 0.15) is 20.3 Å².